The first-order valence-corrected chi connectivity index (χ1v) is 33.8. The molecule has 2 N–H and O–H groups in total. The van der Waals surface area contributed by atoms with Crippen molar-refractivity contribution in [3.8, 4) is 0 Å². The zero-order valence-electron chi connectivity index (χ0n) is 48.0. The number of hydrogen-bond acceptors (Lipinski definition) is 11. The Morgan fingerprint density at radius 3 is 0.759 bits per heavy atom. The molecule has 17 heteroatoms. The highest BCUT2D eigenvalue weighted by molar-refractivity contribution is 7.93. The minimum absolute atomic E-state index is 0.00790. The van der Waals surface area contributed by atoms with Crippen LogP contribution in [0.5, 0.6) is 0 Å². The Labute approximate surface area is 489 Å². The van der Waals surface area contributed by atoms with Crippen LogP contribution < -0.4 is 23.5 Å². The average molecular weight is 1180 g/mol. The number of benzene rings is 6. The van der Waals surface area contributed by atoms with E-state index in [1.165, 1.54) is 12.9 Å². The molecule has 0 heterocycles. The van der Waals surface area contributed by atoms with E-state index in [9.17, 15) is 31.2 Å². The van der Waals surface area contributed by atoms with Crippen molar-refractivity contribution < 1.29 is 50.3 Å². The molecule has 6 aromatic rings. The predicted molar refractivity (Wildman–Crippen MR) is 323 cm³/mol. The van der Waals surface area contributed by atoms with Gasteiger partial charge in [-0.05, 0) is 145 Å². The van der Waals surface area contributed by atoms with Gasteiger partial charge in [0.1, 0.15) is 17.3 Å². The van der Waals surface area contributed by atoms with E-state index in [1.54, 1.807) is 146 Å². The third-order valence-corrected chi connectivity index (χ3v) is 27.0. The Bertz CT molecular complexity index is 3660. The molecule has 14 nitrogen and oxygen atoms in total. The standard InChI is InChI=1S/C66H73N5O9S3/c1-61(2)45-33-36-64(61,58(72)39-45)42-81(75,76)69(52-13-9-7-10-14-52)54-25-17-48(18-26-54)67-50-21-29-56(30-22-50)71(83(79,80)44-66-38-35-47(41-60(66)74)63(66,5)6)57-31-23-51(24-32-57)68-49-19-27-55(28-20-49)70(53-15-11-8-12-16-53)82(77,78)43-65-37-34-46(40-59(65)73)62(65,3)4/h7-32,45-47,67-68H,33-44H2,1-6H3/q+2. The third kappa shape index (κ3) is 9.20. The first kappa shape index (κ1) is 57.0. The van der Waals surface area contributed by atoms with E-state index in [-0.39, 0.29) is 52.4 Å². The van der Waals surface area contributed by atoms with Crippen molar-refractivity contribution in [2.45, 2.75) is 99.3 Å². The van der Waals surface area contributed by atoms with Crippen LogP contribution in [0, 0.1) is 50.2 Å². The summed E-state index contributed by atoms with van der Waals surface area (Å²) in [5, 5.41) is 6.77. The van der Waals surface area contributed by atoms with Crippen LogP contribution in [0.1, 0.15) is 99.3 Å². The molecule has 2 radical (unpaired) electrons. The highest BCUT2D eigenvalue weighted by Crippen LogP contribution is 2.67. The average Bonchev–Trinajstić information content (AvgIpc) is 1.69. The van der Waals surface area contributed by atoms with Gasteiger partial charge in [-0.3, -0.25) is 14.4 Å². The summed E-state index contributed by atoms with van der Waals surface area (Å²) in [6.07, 6.45) is 5.25. The number of rotatable bonds is 19. The highest BCUT2D eigenvalue weighted by Gasteiger charge is 2.68. The van der Waals surface area contributed by atoms with Gasteiger partial charge in [0, 0.05) is 67.8 Å². The van der Waals surface area contributed by atoms with Crippen LogP contribution in [0.15, 0.2) is 158 Å². The van der Waals surface area contributed by atoms with E-state index < -0.39 is 62.6 Å². The van der Waals surface area contributed by atoms with Gasteiger partial charge in [0.05, 0.1) is 67.6 Å². The molecule has 432 valence electrons. The lowest BCUT2D eigenvalue weighted by atomic mass is 9.70. The van der Waals surface area contributed by atoms with Gasteiger partial charge in [-0.1, -0.05) is 77.9 Å². The monoisotopic (exact) mass is 1180 g/mol. The van der Waals surface area contributed by atoms with E-state index in [1.807, 2.05) is 53.7 Å². The van der Waals surface area contributed by atoms with Crippen molar-refractivity contribution in [3.63, 3.8) is 0 Å². The smallest absolute Gasteiger partial charge is 0.240 e. The quantitative estimate of drug-likeness (QED) is 0.0793. The maximum Gasteiger partial charge on any atom is 0.240 e. The first-order valence-electron chi connectivity index (χ1n) is 29.0. The van der Waals surface area contributed by atoms with Crippen LogP contribution in [0.25, 0.3) is 0 Å². The molecule has 0 saturated heterocycles. The van der Waals surface area contributed by atoms with Crippen molar-refractivity contribution in [2.24, 2.45) is 50.2 Å². The highest BCUT2D eigenvalue weighted by atomic mass is 32.2. The lowest BCUT2D eigenvalue weighted by molar-refractivity contribution is -0.479. The van der Waals surface area contributed by atoms with Crippen LogP contribution in [-0.2, 0) is 44.5 Å². The molecule has 0 amide bonds. The predicted octanol–water partition coefficient (Wildman–Crippen LogP) is 10.9. The second kappa shape index (κ2) is 20.1. The minimum atomic E-state index is -4.21. The number of carbonyl (C=O) groups excluding carboxylic acids is 3. The fourth-order valence-corrected chi connectivity index (χ4v) is 23.0. The Hall–Kier alpha value is -6.50. The zero-order valence-corrected chi connectivity index (χ0v) is 50.4. The van der Waals surface area contributed by atoms with Crippen molar-refractivity contribution >= 4 is 104 Å². The molecular weight excluding hydrogens is 1100 g/mol. The van der Waals surface area contributed by atoms with Gasteiger partial charge in [-0.15, -0.1) is 10.6 Å². The summed E-state index contributed by atoms with van der Waals surface area (Å²) >= 11 is 0. The van der Waals surface area contributed by atoms with E-state index in [2.05, 4.69) is 10.6 Å². The van der Waals surface area contributed by atoms with Crippen molar-refractivity contribution in [3.05, 3.63) is 158 Å². The first-order chi connectivity index (χ1) is 39.2. The van der Waals surface area contributed by atoms with Gasteiger partial charge in [-0.2, -0.15) is 0 Å². The number of Topliss-reactive ketones (excluding diaryl/α,β-unsaturated/α-hetero) is 3. The summed E-state index contributed by atoms with van der Waals surface area (Å²) in [6.45, 7) is 12.2. The fraction of sp³-hybridized carbons (Fsp3) is 0.409. The Balaban J connectivity index is 0.797. The molecule has 83 heavy (non-hydrogen) atoms. The molecular formula is C66H73N5O9S3+2. The van der Waals surface area contributed by atoms with Gasteiger partial charge in [-0.25, -0.2) is 38.2 Å². The molecule has 6 saturated carbocycles. The Morgan fingerprint density at radius 1 is 0.349 bits per heavy atom. The van der Waals surface area contributed by atoms with Gasteiger partial charge < -0.3 is 0 Å². The molecule has 0 spiro atoms. The number of carbonyl (C=O) groups is 3. The fourth-order valence-electron chi connectivity index (χ4n) is 16.0. The molecule has 6 aromatic carbocycles. The molecule has 6 bridgehead atoms. The number of ketones is 3. The lowest BCUT2D eigenvalue weighted by Gasteiger charge is -2.38. The molecule has 6 aliphatic carbocycles. The van der Waals surface area contributed by atoms with Crippen molar-refractivity contribution in [2.75, 3.05) is 30.2 Å². The van der Waals surface area contributed by atoms with Crippen molar-refractivity contribution in [1.82, 2.24) is 0 Å². The van der Waals surface area contributed by atoms with Gasteiger partial charge in [0.25, 0.3) is 0 Å². The van der Waals surface area contributed by atoms with E-state index in [4.69, 9.17) is 0 Å². The minimum Gasteiger partial charge on any atom is -0.299 e. The van der Waals surface area contributed by atoms with Gasteiger partial charge in [0.2, 0.25) is 30.1 Å². The van der Waals surface area contributed by atoms with Crippen LogP contribution in [0.2, 0.25) is 0 Å². The van der Waals surface area contributed by atoms with E-state index >= 15 is 8.42 Å². The van der Waals surface area contributed by atoms with Gasteiger partial charge in [0.15, 0.2) is 22.7 Å². The molecule has 0 aliphatic heterocycles. The van der Waals surface area contributed by atoms with Crippen LogP contribution in [0.3, 0.4) is 0 Å². The Morgan fingerprint density at radius 2 is 0.566 bits per heavy atom. The summed E-state index contributed by atoms with van der Waals surface area (Å²) in [7, 11) is -12.3. The number of nitrogens with zero attached hydrogens (tertiary/aromatic N) is 3. The van der Waals surface area contributed by atoms with Gasteiger partial charge >= 0.3 is 0 Å². The second-order valence-corrected chi connectivity index (χ2v) is 31.6. The normalized spacial score (nSPS) is 26.4. The number of sulfonamides is 3. The van der Waals surface area contributed by atoms with Crippen LogP contribution in [-0.4, -0.2) is 59.9 Å². The summed E-state index contributed by atoms with van der Waals surface area (Å²) in [4.78, 5) is 40.9. The molecule has 6 unspecified atom stereocenters. The summed E-state index contributed by atoms with van der Waals surface area (Å²) in [5.74, 6) is -0.399. The van der Waals surface area contributed by atoms with Crippen LogP contribution in [0.4, 0.5) is 56.9 Å². The molecule has 6 aliphatic rings. The lowest BCUT2D eigenvalue weighted by Crippen LogP contribution is -2.70. The summed E-state index contributed by atoms with van der Waals surface area (Å²) in [5.41, 5.74) is 0.793. The van der Waals surface area contributed by atoms with E-state index in [0.717, 1.165) is 19.3 Å². The maximum atomic E-state index is 15.2. The summed E-state index contributed by atoms with van der Waals surface area (Å²) in [6, 6.07) is 45.9. The zero-order chi connectivity index (χ0) is 58.8. The SMILES string of the molecule is CC1(C)C2CCC1(CS(=O)(=O)N(c1ccccc1)c1ccc([NH+]c3ccc(N(c4ccc([NH+]c5ccc(N(c6ccccc6)S(=O)(=O)CC67CCC(CC6=O)C7(C)C)cc5)cc4)S(=O)(=O)CC45CCC(CC4=O)C5(C)C)cc3)cc1)C(=O)C2. The summed E-state index contributed by atoms with van der Waals surface area (Å²) < 4.78 is 92.9. The number of nitrogens with one attached hydrogen (secondary N) is 2. The number of fused-ring (bicyclic) bond motifs is 6. The third-order valence-electron chi connectivity index (χ3n) is 21.5. The topological polar surface area (TPSA) is 195 Å². The second-order valence-electron chi connectivity index (χ2n) is 26.2. The molecule has 0 aromatic heterocycles. The van der Waals surface area contributed by atoms with Crippen molar-refractivity contribution in [1.29, 1.82) is 0 Å². The molecule has 6 atom stereocenters. The largest absolute Gasteiger partial charge is 0.299 e. The number of hydrogen-bond donors (Lipinski definition) is 2. The number of para-hydroxylation sites is 2. The Kier molecular flexibility index (Phi) is 13.8. The molecule has 6 fully saturated rings. The van der Waals surface area contributed by atoms with Crippen LogP contribution >= 0.6 is 0 Å². The van der Waals surface area contributed by atoms with E-state index in [0.29, 0.717) is 95.4 Å². The maximum absolute atomic E-state index is 15.2. The number of anilines is 10. The molecule has 12 rings (SSSR count).